The number of carbonyl (C=O) groups is 1. The van der Waals surface area contributed by atoms with Crippen LogP contribution >= 0.6 is 0 Å². The fourth-order valence-electron chi connectivity index (χ4n) is 0.289. The zero-order valence-electron chi connectivity index (χ0n) is 5.81. The van der Waals surface area contributed by atoms with Crippen molar-refractivity contribution in [3.63, 3.8) is 0 Å². The molecule has 11 heavy (non-hydrogen) atoms. The minimum Gasteiger partial charge on any atom is -0.356 e. The van der Waals surface area contributed by atoms with Gasteiger partial charge in [0.2, 0.25) is 0 Å². The Bertz CT molecular complexity index is 143. The average Bonchev–Trinajstić information content (AvgIpc) is 1.80. The third kappa shape index (κ3) is 4.74. The minimum absolute atomic E-state index is 0.860. The van der Waals surface area contributed by atoms with Crippen molar-refractivity contribution in [3.8, 4) is 0 Å². The number of ether oxygens (including phenoxy) is 1. The predicted molar refractivity (Wildman–Crippen MR) is 30.7 cm³/mol. The molecule has 0 aromatic heterocycles. The lowest BCUT2D eigenvalue weighted by Crippen LogP contribution is -2.31. The standard InChI is InChI=1S/C5H8F3NO2/c1-3(9)11-2-4(10)5(6,7)8/h3H,2,9H2,1H3/t3-/m0/s1. The Morgan fingerprint density at radius 1 is 1.64 bits per heavy atom. The molecule has 6 heteroatoms. The van der Waals surface area contributed by atoms with E-state index in [9.17, 15) is 18.0 Å². The topological polar surface area (TPSA) is 52.3 Å². The first-order valence-corrected chi connectivity index (χ1v) is 2.81. The monoisotopic (exact) mass is 171 g/mol. The van der Waals surface area contributed by atoms with Crippen molar-refractivity contribution < 1.29 is 22.7 Å². The van der Waals surface area contributed by atoms with Gasteiger partial charge in [0.25, 0.3) is 5.78 Å². The van der Waals surface area contributed by atoms with Gasteiger partial charge in [0.05, 0.1) is 0 Å². The van der Waals surface area contributed by atoms with E-state index >= 15 is 0 Å². The van der Waals surface area contributed by atoms with Crippen LogP contribution in [0.3, 0.4) is 0 Å². The van der Waals surface area contributed by atoms with Gasteiger partial charge in [-0.05, 0) is 6.92 Å². The van der Waals surface area contributed by atoms with E-state index in [1.807, 2.05) is 0 Å². The molecule has 0 aliphatic rings. The van der Waals surface area contributed by atoms with E-state index in [1.165, 1.54) is 6.92 Å². The van der Waals surface area contributed by atoms with E-state index in [0.717, 1.165) is 0 Å². The fraction of sp³-hybridized carbons (Fsp3) is 0.800. The van der Waals surface area contributed by atoms with Crippen molar-refractivity contribution in [3.05, 3.63) is 0 Å². The molecule has 0 aliphatic heterocycles. The number of hydrogen-bond donors (Lipinski definition) is 1. The molecule has 0 saturated carbocycles. The van der Waals surface area contributed by atoms with Crippen molar-refractivity contribution in [1.29, 1.82) is 0 Å². The lowest BCUT2D eigenvalue weighted by Gasteiger charge is -2.07. The maximum atomic E-state index is 11.4. The van der Waals surface area contributed by atoms with Crippen LogP contribution in [0.1, 0.15) is 6.92 Å². The Labute approximate surface area is 61.3 Å². The number of ketones is 1. The molecule has 0 rings (SSSR count). The van der Waals surface area contributed by atoms with Crippen molar-refractivity contribution in [1.82, 2.24) is 0 Å². The quantitative estimate of drug-likeness (QED) is 0.627. The molecule has 0 bridgehead atoms. The highest BCUT2D eigenvalue weighted by atomic mass is 19.4. The van der Waals surface area contributed by atoms with Crippen molar-refractivity contribution >= 4 is 5.78 Å². The van der Waals surface area contributed by atoms with Crippen LogP contribution in [0, 0.1) is 0 Å². The first-order valence-electron chi connectivity index (χ1n) is 2.81. The Hall–Kier alpha value is -0.620. The first kappa shape index (κ1) is 10.4. The van der Waals surface area contributed by atoms with Crippen molar-refractivity contribution in [2.45, 2.75) is 19.3 Å². The Balaban J connectivity index is 3.71. The molecule has 0 unspecified atom stereocenters. The summed E-state index contributed by atoms with van der Waals surface area (Å²) in [4.78, 5) is 10.1. The van der Waals surface area contributed by atoms with Crippen molar-refractivity contribution in [2.75, 3.05) is 6.61 Å². The SMILES string of the molecule is C[C@@H](N)OCC(=O)C(F)(F)F. The summed E-state index contributed by atoms with van der Waals surface area (Å²) >= 11 is 0. The number of nitrogens with two attached hydrogens (primary N) is 1. The average molecular weight is 171 g/mol. The maximum Gasteiger partial charge on any atom is 0.452 e. The Morgan fingerprint density at radius 3 is 2.36 bits per heavy atom. The molecular formula is C5H8F3NO2. The van der Waals surface area contributed by atoms with Gasteiger partial charge in [-0.2, -0.15) is 13.2 Å². The fourth-order valence-corrected chi connectivity index (χ4v) is 0.289. The third-order valence-corrected chi connectivity index (χ3v) is 0.793. The van der Waals surface area contributed by atoms with E-state index in [1.54, 1.807) is 0 Å². The van der Waals surface area contributed by atoms with Gasteiger partial charge < -0.3 is 10.5 Å². The minimum atomic E-state index is -4.82. The molecule has 1 atom stereocenters. The summed E-state index contributed by atoms with van der Waals surface area (Å²) in [6.45, 7) is 0.324. The summed E-state index contributed by atoms with van der Waals surface area (Å²) in [5.74, 6) is -1.92. The molecule has 0 fully saturated rings. The van der Waals surface area contributed by atoms with Gasteiger partial charge in [-0.3, -0.25) is 4.79 Å². The molecule has 66 valence electrons. The predicted octanol–water partition coefficient (Wildman–Crippen LogP) is 0.439. The number of hydrogen-bond acceptors (Lipinski definition) is 3. The summed E-state index contributed by atoms with van der Waals surface area (Å²) in [6.07, 6.45) is -5.68. The van der Waals surface area contributed by atoms with Gasteiger partial charge >= 0.3 is 6.18 Å². The van der Waals surface area contributed by atoms with Crippen LogP contribution in [0.4, 0.5) is 13.2 Å². The summed E-state index contributed by atoms with van der Waals surface area (Å²) < 4.78 is 38.5. The van der Waals surface area contributed by atoms with Crippen molar-refractivity contribution in [2.24, 2.45) is 5.73 Å². The van der Waals surface area contributed by atoms with Gasteiger partial charge in [-0.15, -0.1) is 0 Å². The molecule has 2 N–H and O–H groups in total. The van der Waals surface area contributed by atoms with E-state index in [0.29, 0.717) is 0 Å². The Morgan fingerprint density at radius 2 is 2.09 bits per heavy atom. The number of carbonyl (C=O) groups excluding carboxylic acids is 1. The van der Waals surface area contributed by atoms with Gasteiger partial charge in [0, 0.05) is 0 Å². The van der Waals surface area contributed by atoms with Crippen LogP contribution in [0.2, 0.25) is 0 Å². The van der Waals surface area contributed by atoms with E-state index < -0.39 is 24.8 Å². The van der Waals surface area contributed by atoms with Crippen LogP contribution in [-0.4, -0.2) is 24.8 Å². The van der Waals surface area contributed by atoms with Gasteiger partial charge in [0.1, 0.15) is 12.8 Å². The zero-order chi connectivity index (χ0) is 9.07. The first-order chi connectivity index (χ1) is 4.84. The molecule has 0 heterocycles. The van der Waals surface area contributed by atoms with Gasteiger partial charge in [-0.1, -0.05) is 0 Å². The molecule has 0 saturated heterocycles. The summed E-state index contributed by atoms with van der Waals surface area (Å²) in [5.41, 5.74) is 4.94. The molecular weight excluding hydrogens is 163 g/mol. The lowest BCUT2D eigenvalue weighted by atomic mass is 10.4. The highest BCUT2D eigenvalue weighted by Crippen LogP contribution is 2.15. The number of halogens is 3. The van der Waals surface area contributed by atoms with E-state index in [2.05, 4.69) is 4.74 Å². The molecule has 0 radical (unpaired) electrons. The summed E-state index contributed by atoms with van der Waals surface area (Å²) in [6, 6.07) is 0. The van der Waals surface area contributed by atoms with E-state index in [-0.39, 0.29) is 0 Å². The number of rotatable bonds is 3. The summed E-state index contributed by atoms with van der Waals surface area (Å²) in [5, 5.41) is 0. The molecule has 0 aliphatic carbocycles. The van der Waals surface area contributed by atoms with Crippen LogP contribution in [0.5, 0.6) is 0 Å². The maximum absolute atomic E-state index is 11.4. The van der Waals surface area contributed by atoms with Gasteiger partial charge in [-0.25, -0.2) is 0 Å². The normalized spacial score (nSPS) is 14.6. The van der Waals surface area contributed by atoms with Crippen LogP contribution in [0.25, 0.3) is 0 Å². The molecule has 0 spiro atoms. The molecule has 3 nitrogen and oxygen atoms in total. The Kier molecular flexibility index (Phi) is 3.47. The van der Waals surface area contributed by atoms with Crippen LogP contribution < -0.4 is 5.73 Å². The zero-order valence-corrected chi connectivity index (χ0v) is 5.81. The van der Waals surface area contributed by atoms with Crippen LogP contribution in [-0.2, 0) is 9.53 Å². The molecule has 0 aromatic rings. The second-order valence-corrected chi connectivity index (χ2v) is 1.94. The summed E-state index contributed by atoms with van der Waals surface area (Å²) in [7, 11) is 0. The van der Waals surface area contributed by atoms with Crippen LogP contribution in [0.15, 0.2) is 0 Å². The van der Waals surface area contributed by atoms with E-state index in [4.69, 9.17) is 5.73 Å². The number of alkyl halides is 3. The number of Topliss-reactive ketones (excluding diaryl/α,β-unsaturated/α-hetero) is 1. The molecule has 0 amide bonds. The second-order valence-electron chi connectivity index (χ2n) is 1.94. The lowest BCUT2D eigenvalue weighted by molar-refractivity contribution is -0.176. The second kappa shape index (κ2) is 3.68. The van der Waals surface area contributed by atoms with Gasteiger partial charge in [0.15, 0.2) is 0 Å². The third-order valence-electron chi connectivity index (χ3n) is 0.793. The highest BCUT2D eigenvalue weighted by Gasteiger charge is 2.38. The molecule has 0 aromatic carbocycles. The highest BCUT2D eigenvalue weighted by molar-refractivity contribution is 5.85. The largest absolute Gasteiger partial charge is 0.452 e. The smallest absolute Gasteiger partial charge is 0.356 e.